The second kappa shape index (κ2) is 9.26. The number of hydrogen-bond donors (Lipinski definition) is 4. The fraction of sp³-hybridized carbons (Fsp3) is 0.435. The summed E-state index contributed by atoms with van der Waals surface area (Å²) in [7, 11) is 0. The second-order valence-electron chi connectivity index (χ2n) is 7.77. The zero-order valence-corrected chi connectivity index (χ0v) is 17.8. The number of nitrogens with two attached hydrogens (primary N) is 1. The smallest absolute Gasteiger partial charge is 0.138 e. The Morgan fingerprint density at radius 2 is 2.14 bits per heavy atom. The number of hydrogen-bond acceptors (Lipinski definition) is 4. The molecule has 1 aliphatic heterocycles. The van der Waals surface area contributed by atoms with Crippen LogP contribution in [-0.4, -0.2) is 29.6 Å². The Morgan fingerprint density at radius 3 is 2.90 bits per heavy atom. The fourth-order valence-electron chi connectivity index (χ4n) is 4.35. The van der Waals surface area contributed by atoms with Crippen molar-refractivity contribution < 1.29 is 0 Å². The van der Waals surface area contributed by atoms with Crippen molar-refractivity contribution >= 4 is 22.6 Å². The molecular weight excluding hydrogens is 382 g/mol. The van der Waals surface area contributed by atoms with E-state index in [2.05, 4.69) is 45.7 Å². The van der Waals surface area contributed by atoms with Crippen LogP contribution < -0.4 is 16.4 Å². The third kappa shape index (κ3) is 4.33. The molecule has 1 aliphatic rings. The standard InChI is InChI=1S/C23H30ClN5/c1-2-26-8-6-15-9-16(17-11-19-21(24)14-29-23(19)28-13-17)10-18(20(15)12-25)22-5-3-4-7-27-22/h9-11,13-14,22,26-27H,2-8,12,25H2,1H3,(H,28,29). The number of fused-ring (bicyclic) bond motifs is 1. The summed E-state index contributed by atoms with van der Waals surface area (Å²) in [4.78, 5) is 7.69. The number of nitrogens with one attached hydrogen (secondary N) is 3. The highest BCUT2D eigenvalue weighted by Crippen LogP contribution is 2.34. The third-order valence-corrected chi connectivity index (χ3v) is 6.21. The van der Waals surface area contributed by atoms with E-state index in [-0.39, 0.29) is 0 Å². The summed E-state index contributed by atoms with van der Waals surface area (Å²) in [6.07, 6.45) is 8.34. The topological polar surface area (TPSA) is 78.8 Å². The lowest BCUT2D eigenvalue weighted by atomic mass is 9.87. The highest BCUT2D eigenvalue weighted by atomic mass is 35.5. The van der Waals surface area contributed by atoms with Gasteiger partial charge < -0.3 is 21.4 Å². The minimum atomic E-state index is 0.368. The van der Waals surface area contributed by atoms with Crippen LogP contribution in [0.5, 0.6) is 0 Å². The molecule has 5 N–H and O–H groups in total. The molecule has 1 unspecified atom stereocenters. The number of nitrogens with zero attached hydrogens (tertiary/aromatic N) is 1. The van der Waals surface area contributed by atoms with Gasteiger partial charge in [-0.25, -0.2) is 4.98 Å². The van der Waals surface area contributed by atoms with Gasteiger partial charge in [0.05, 0.1) is 5.02 Å². The number of halogens is 1. The molecule has 0 bridgehead atoms. The second-order valence-corrected chi connectivity index (χ2v) is 8.18. The van der Waals surface area contributed by atoms with Crippen LogP contribution in [0.25, 0.3) is 22.2 Å². The van der Waals surface area contributed by atoms with Crippen LogP contribution in [-0.2, 0) is 13.0 Å². The van der Waals surface area contributed by atoms with Crippen molar-refractivity contribution in [3.8, 4) is 11.1 Å². The van der Waals surface area contributed by atoms with Gasteiger partial charge in [0.1, 0.15) is 5.65 Å². The van der Waals surface area contributed by atoms with Crippen molar-refractivity contribution in [2.24, 2.45) is 5.73 Å². The number of pyridine rings is 1. The quantitative estimate of drug-likeness (QED) is 0.437. The molecule has 3 heterocycles. The van der Waals surface area contributed by atoms with Gasteiger partial charge in [0, 0.05) is 35.9 Å². The van der Waals surface area contributed by atoms with Crippen molar-refractivity contribution in [2.45, 2.75) is 45.2 Å². The predicted molar refractivity (Wildman–Crippen MR) is 121 cm³/mol. The molecule has 3 aromatic rings. The van der Waals surface area contributed by atoms with E-state index in [1.807, 2.05) is 6.20 Å². The molecule has 0 radical (unpaired) electrons. The Kier molecular flexibility index (Phi) is 6.50. The minimum Gasteiger partial charge on any atom is -0.345 e. The van der Waals surface area contributed by atoms with Crippen LogP contribution in [0.3, 0.4) is 0 Å². The first-order chi connectivity index (χ1) is 14.2. The molecule has 1 aromatic carbocycles. The van der Waals surface area contributed by atoms with Crippen LogP contribution in [0, 0.1) is 0 Å². The number of piperidine rings is 1. The molecule has 0 amide bonds. The Morgan fingerprint density at radius 1 is 1.24 bits per heavy atom. The molecule has 29 heavy (non-hydrogen) atoms. The van der Waals surface area contributed by atoms with Crippen LogP contribution in [0.1, 0.15) is 48.9 Å². The van der Waals surface area contributed by atoms with E-state index >= 15 is 0 Å². The first kappa shape index (κ1) is 20.4. The van der Waals surface area contributed by atoms with E-state index in [1.54, 1.807) is 6.20 Å². The summed E-state index contributed by atoms with van der Waals surface area (Å²) in [6.45, 7) is 5.69. The van der Waals surface area contributed by atoms with Gasteiger partial charge in [0.15, 0.2) is 0 Å². The summed E-state index contributed by atoms with van der Waals surface area (Å²) in [5.41, 5.74) is 13.3. The Labute approximate surface area is 177 Å². The minimum absolute atomic E-state index is 0.368. The van der Waals surface area contributed by atoms with E-state index in [0.717, 1.165) is 49.1 Å². The maximum absolute atomic E-state index is 6.34. The first-order valence-corrected chi connectivity index (χ1v) is 11.0. The fourth-order valence-corrected chi connectivity index (χ4v) is 4.55. The van der Waals surface area contributed by atoms with Gasteiger partial charge in [-0.2, -0.15) is 0 Å². The predicted octanol–water partition coefficient (Wildman–Crippen LogP) is 4.31. The van der Waals surface area contributed by atoms with Gasteiger partial charge in [0.25, 0.3) is 0 Å². The number of aromatic nitrogens is 2. The molecular formula is C23H30ClN5. The molecule has 0 spiro atoms. The average Bonchev–Trinajstić information content (AvgIpc) is 3.14. The molecule has 1 saturated heterocycles. The van der Waals surface area contributed by atoms with Gasteiger partial charge in [0.2, 0.25) is 0 Å². The molecule has 154 valence electrons. The zero-order valence-electron chi connectivity index (χ0n) is 17.0. The Hall–Kier alpha value is -1.92. The number of aromatic amines is 1. The molecule has 1 fully saturated rings. The maximum atomic E-state index is 6.34. The number of benzene rings is 1. The lowest BCUT2D eigenvalue weighted by Crippen LogP contribution is -2.28. The lowest BCUT2D eigenvalue weighted by molar-refractivity contribution is 0.410. The molecule has 5 nitrogen and oxygen atoms in total. The van der Waals surface area contributed by atoms with E-state index in [0.29, 0.717) is 17.6 Å². The summed E-state index contributed by atoms with van der Waals surface area (Å²) in [6, 6.07) is 7.10. The molecule has 1 atom stereocenters. The van der Waals surface area contributed by atoms with Crippen molar-refractivity contribution in [3.63, 3.8) is 0 Å². The summed E-state index contributed by atoms with van der Waals surface area (Å²) in [5, 5.41) is 8.81. The molecule has 0 aliphatic carbocycles. The SMILES string of the molecule is CCNCCc1cc(-c2cnc3[nH]cc(Cl)c3c2)cc(C2CCCCN2)c1CN. The van der Waals surface area contributed by atoms with E-state index in [9.17, 15) is 0 Å². The summed E-state index contributed by atoms with van der Waals surface area (Å²) in [5.74, 6) is 0. The number of H-pyrrole nitrogens is 1. The van der Waals surface area contributed by atoms with Gasteiger partial charge >= 0.3 is 0 Å². The van der Waals surface area contributed by atoms with Crippen molar-refractivity contribution in [1.29, 1.82) is 0 Å². The maximum Gasteiger partial charge on any atom is 0.138 e. The third-order valence-electron chi connectivity index (χ3n) is 5.90. The molecule has 2 aromatic heterocycles. The molecule has 6 heteroatoms. The highest BCUT2D eigenvalue weighted by Gasteiger charge is 2.21. The average molecular weight is 412 g/mol. The summed E-state index contributed by atoms with van der Waals surface area (Å²) < 4.78 is 0. The number of rotatable bonds is 7. The van der Waals surface area contributed by atoms with Crippen molar-refractivity contribution in [2.75, 3.05) is 19.6 Å². The van der Waals surface area contributed by atoms with Gasteiger partial charge in [-0.3, -0.25) is 0 Å². The lowest BCUT2D eigenvalue weighted by Gasteiger charge is -2.28. The van der Waals surface area contributed by atoms with Gasteiger partial charge in [-0.15, -0.1) is 0 Å². The molecule has 4 rings (SSSR count). The normalized spacial score (nSPS) is 17.1. The van der Waals surface area contributed by atoms with Crippen LogP contribution in [0.2, 0.25) is 5.02 Å². The monoisotopic (exact) mass is 411 g/mol. The van der Waals surface area contributed by atoms with Gasteiger partial charge in [-0.1, -0.05) is 31.0 Å². The summed E-state index contributed by atoms with van der Waals surface area (Å²) >= 11 is 6.34. The Balaban J connectivity index is 1.80. The largest absolute Gasteiger partial charge is 0.345 e. The van der Waals surface area contributed by atoms with E-state index < -0.39 is 0 Å². The van der Waals surface area contributed by atoms with Crippen molar-refractivity contribution in [3.05, 3.63) is 52.3 Å². The van der Waals surface area contributed by atoms with Crippen molar-refractivity contribution in [1.82, 2.24) is 20.6 Å². The first-order valence-electron chi connectivity index (χ1n) is 10.6. The number of likely N-dealkylation sites (N-methyl/N-ethyl adjacent to an activating group) is 1. The highest BCUT2D eigenvalue weighted by molar-refractivity contribution is 6.35. The zero-order chi connectivity index (χ0) is 20.2. The van der Waals surface area contributed by atoms with E-state index in [1.165, 1.54) is 35.1 Å². The Bertz CT molecular complexity index is 975. The van der Waals surface area contributed by atoms with Crippen LogP contribution >= 0.6 is 11.6 Å². The van der Waals surface area contributed by atoms with E-state index in [4.69, 9.17) is 17.3 Å². The molecule has 0 saturated carbocycles. The van der Waals surface area contributed by atoms with Gasteiger partial charge in [-0.05, 0) is 73.3 Å². The van der Waals surface area contributed by atoms with Crippen LogP contribution in [0.4, 0.5) is 0 Å². The van der Waals surface area contributed by atoms with Crippen LogP contribution in [0.15, 0.2) is 30.6 Å².